The number of nitrogens with zero attached hydrogens (tertiary/aromatic N) is 3. The average molecular weight is 288 g/mol. The van der Waals surface area contributed by atoms with Gasteiger partial charge in [0, 0.05) is 0 Å². The van der Waals surface area contributed by atoms with E-state index in [1.165, 1.54) is 12.1 Å². The summed E-state index contributed by atoms with van der Waals surface area (Å²) in [6, 6.07) is 3.15. The first-order chi connectivity index (χ1) is 9.10. The second-order valence-electron chi connectivity index (χ2n) is 3.26. The fraction of sp³-hybridized carbons (Fsp3) is 0.182. The molecule has 0 fully saturated rings. The van der Waals surface area contributed by atoms with Crippen molar-refractivity contribution in [3.63, 3.8) is 0 Å². The Morgan fingerprint density at radius 3 is 2.63 bits per heavy atom. The highest BCUT2D eigenvalue weighted by Gasteiger charge is 2.13. The predicted molar refractivity (Wildman–Crippen MR) is 62.4 cm³/mol. The van der Waals surface area contributed by atoms with Gasteiger partial charge in [-0.15, -0.1) is 4.98 Å². The lowest BCUT2D eigenvalue weighted by molar-refractivity contribution is 0.301. The maximum atomic E-state index is 13.4. The summed E-state index contributed by atoms with van der Waals surface area (Å²) in [5.41, 5.74) is 0. The molecular formula is C11H8ClF2N3O2. The van der Waals surface area contributed by atoms with Gasteiger partial charge in [0.15, 0.2) is 11.6 Å². The number of hydrogen-bond acceptors (Lipinski definition) is 5. The largest absolute Gasteiger partial charge is 0.464 e. The van der Waals surface area contributed by atoms with E-state index < -0.39 is 11.6 Å². The van der Waals surface area contributed by atoms with Crippen LogP contribution in [0.15, 0.2) is 18.2 Å². The number of hydrogen-bond donors (Lipinski definition) is 0. The van der Waals surface area contributed by atoms with Gasteiger partial charge in [-0.05, 0) is 30.7 Å². The highest BCUT2D eigenvalue weighted by Crippen LogP contribution is 2.24. The Hall–Kier alpha value is -2.02. The van der Waals surface area contributed by atoms with Gasteiger partial charge in [-0.2, -0.15) is 14.4 Å². The van der Waals surface area contributed by atoms with Crippen molar-refractivity contribution in [3.05, 3.63) is 35.1 Å². The van der Waals surface area contributed by atoms with Crippen LogP contribution in [-0.2, 0) is 0 Å². The minimum absolute atomic E-state index is 0.0608. The quantitative estimate of drug-likeness (QED) is 0.865. The Balaban J connectivity index is 2.30. The van der Waals surface area contributed by atoms with Crippen LogP contribution in [0, 0.1) is 11.6 Å². The molecule has 0 aliphatic carbocycles. The normalized spacial score (nSPS) is 10.3. The Morgan fingerprint density at radius 2 is 1.89 bits per heavy atom. The Kier molecular flexibility index (Phi) is 4.06. The van der Waals surface area contributed by atoms with E-state index in [1.54, 1.807) is 6.92 Å². The lowest BCUT2D eigenvalue weighted by atomic mass is 10.3. The average Bonchev–Trinajstić information content (AvgIpc) is 2.35. The molecule has 1 heterocycles. The highest BCUT2D eigenvalue weighted by molar-refractivity contribution is 6.28. The fourth-order valence-corrected chi connectivity index (χ4v) is 1.36. The first-order valence-corrected chi connectivity index (χ1v) is 5.64. The van der Waals surface area contributed by atoms with E-state index in [9.17, 15) is 8.78 Å². The highest BCUT2D eigenvalue weighted by atomic mass is 35.5. The standard InChI is InChI=1S/C11H8ClF2N3O2/c1-2-18-10-15-9(12)16-11(17-10)19-7-5-3-4-6(13)8(7)14/h3-5H,2H2,1H3. The molecule has 0 atom stereocenters. The molecule has 2 rings (SSSR count). The van der Waals surface area contributed by atoms with E-state index in [2.05, 4.69) is 15.0 Å². The van der Waals surface area contributed by atoms with Crippen LogP contribution in [-0.4, -0.2) is 21.6 Å². The van der Waals surface area contributed by atoms with Crippen molar-refractivity contribution in [2.45, 2.75) is 6.92 Å². The van der Waals surface area contributed by atoms with E-state index >= 15 is 0 Å². The minimum atomic E-state index is -1.14. The van der Waals surface area contributed by atoms with E-state index in [0.717, 1.165) is 6.07 Å². The molecule has 0 aliphatic rings. The lowest BCUT2D eigenvalue weighted by Crippen LogP contribution is -2.02. The maximum absolute atomic E-state index is 13.4. The molecule has 0 radical (unpaired) electrons. The summed E-state index contributed by atoms with van der Waals surface area (Å²) < 4.78 is 36.4. The van der Waals surface area contributed by atoms with E-state index in [1.807, 2.05) is 0 Å². The van der Waals surface area contributed by atoms with Gasteiger partial charge in [-0.3, -0.25) is 0 Å². The van der Waals surface area contributed by atoms with Crippen LogP contribution in [0.2, 0.25) is 5.28 Å². The van der Waals surface area contributed by atoms with Gasteiger partial charge in [-0.25, -0.2) is 4.39 Å². The van der Waals surface area contributed by atoms with Crippen molar-refractivity contribution < 1.29 is 18.3 Å². The molecule has 0 N–H and O–H groups in total. The molecule has 0 unspecified atom stereocenters. The third-order valence-corrected chi connectivity index (χ3v) is 2.13. The van der Waals surface area contributed by atoms with Crippen molar-refractivity contribution in [1.29, 1.82) is 0 Å². The second kappa shape index (κ2) is 5.75. The van der Waals surface area contributed by atoms with Crippen molar-refractivity contribution in [1.82, 2.24) is 15.0 Å². The third-order valence-electron chi connectivity index (χ3n) is 1.96. The van der Waals surface area contributed by atoms with E-state index in [-0.39, 0.29) is 23.1 Å². The summed E-state index contributed by atoms with van der Waals surface area (Å²) in [4.78, 5) is 11.1. The van der Waals surface area contributed by atoms with Gasteiger partial charge < -0.3 is 9.47 Å². The molecule has 8 heteroatoms. The zero-order valence-electron chi connectivity index (χ0n) is 9.73. The number of benzene rings is 1. The topological polar surface area (TPSA) is 57.1 Å². The summed E-state index contributed by atoms with van der Waals surface area (Å²) in [6.07, 6.45) is 0. The summed E-state index contributed by atoms with van der Waals surface area (Å²) in [7, 11) is 0. The maximum Gasteiger partial charge on any atom is 0.329 e. The van der Waals surface area contributed by atoms with Crippen LogP contribution in [0.25, 0.3) is 0 Å². The smallest absolute Gasteiger partial charge is 0.329 e. The summed E-state index contributed by atoms with van der Waals surface area (Å²) in [6.45, 7) is 2.04. The monoisotopic (exact) mass is 287 g/mol. The van der Waals surface area contributed by atoms with Gasteiger partial charge in [-0.1, -0.05) is 6.07 Å². The minimum Gasteiger partial charge on any atom is -0.464 e. The Labute approximate surface area is 112 Å². The number of halogens is 3. The lowest BCUT2D eigenvalue weighted by Gasteiger charge is -2.06. The molecule has 1 aromatic heterocycles. The van der Waals surface area contributed by atoms with Crippen LogP contribution in [0.4, 0.5) is 8.78 Å². The Bertz CT molecular complexity index is 598. The van der Waals surface area contributed by atoms with Crippen LogP contribution in [0.1, 0.15) is 6.92 Å². The molecule has 2 aromatic rings. The van der Waals surface area contributed by atoms with Crippen molar-refractivity contribution in [2.75, 3.05) is 6.61 Å². The molecular weight excluding hydrogens is 280 g/mol. The van der Waals surface area contributed by atoms with Crippen molar-refractivity contribution >= 4 is 11.6 Å². The van der Waals surface area contributed by atoms with Crippen molar-refractivity contribution in [3.8, 4) is 17.8 Å². The van der Waals surface area contributed by atoms with Crippen LogP contribution >= 0.6 is 11.6 Å². The first kappa shape index (κ1) is 13.4. The van der Waals surface area contributed by atoms with Crippen LogP contribution in [0.5, 0.6) is 17.8 Å². The third kappa shape index (κ3) is 3.25. The summed E-state index contributed by atoms with van der Waals surface area (Å²) in [5.74, 6) is -2.54. The molecule has 0 spiro atoms. The molecule has 19 heavy (non-hydrogen) atoms. The summed E-state index contributed by atoms with van der Waals surface area (Å²) in [5, 5.41) is -0.176. The number of ether oxygens (including phenoxy) is 2. The first-order valence-electron chi connectivity index (χ1n) is 5.26. The van der Waals surface area contributed by atoms with Gasteiger partial charge >= 0.3 is 12.0 Å². The molecule has 0 saturated carbocycles. The van der Waals surface area contributed by atoms with Gasteiger partial charge in [0.05, 0.1) is 6.61 Å². The van der Waals surface area contributed by atoms with Gasteiger partial charge in [0.2, 0.25) is 11.1 Å². The molecule has 1 aromatic carbocycles. The molecule has 0 bridgehead atoms. The molecule has 0 saturated heterocycles. The van der Waals surface area contributed by atoms with Crippen LogP contribution in [0.3, 0.4) is 0 Å². The molecule has 0 amide bonds. The van der Waals surface area contributed by atoms with Gasteiger partial charge in [0.25, 0.3) is 0 Å². The predicted octanol–water partition coefficient (Wildman–Crippen LogP) is 2.99. The zero-order valence-corrected chi connectivity index (χ0v) is 10.5. The Morgan fingerprint density at radius 1 is 1.16 bits per heavy atom. The molecule has 5 nitrogen and oxygen atoms in total. The number of rotatable bonds is 4. The van der Waals surface area contributed by atoms with Gasteiger partial charge in [0.1, 0.15) is 0 Å². The molecule has 0 aliphatic heterocycles. The van der Waals surface area contributed by atoms with Crippen LogP contribution < -0.4 is 9.47 Å². The SMILES string of the molecule is CCOc1nc(Cl)nc(Oc2cccc(F)c2F)n1. The summed E-state index contributed by atoms with van der Waals surface area (Å²) >= 11 is 5.63. The second-order valence-corrected chi connectivity index (χ2v) is 3.59. The number of aromatic nitrogens is 3. The van der Waals surface area contributed by atoms with E-state index in [0.29, 0.717) is 6.61 Å². The van der Waals surface area contributed by atoms with Crippen molar-refractivity contribution in [2.24, 2.45) is 0 Å². The molecule has 100 valence electrons. The zero-order chi connectivity index (χ0) is 13.8. The fourth-order valence-electron chi connectivity index (χ4n) is 1.22. The van der Waals surface area contributed by atoms with E-state index in [4.69, 9.17) is 21.1 Å².